The average molecular weight is 508 g/mol. The number of nitrogens with zero attached hydrogens (tertiary/aromatic N) is 1. The van der Waals surface area contributed by atoms with Crippen molar-refractivity contribution in [1.29, 1.82) is 0 Å². The number of nitrogens with one attached hydrogen (secondary N) is 2. The van der Waals surface area contributed by atoms with E-state index in [1.54, 1.807) is 67.8 Å². The summed E-state index contributed by atoms with van der Waals surface area (Å²) in [6, 6.07) is 18.1. The summed E-state index contributed by atoms with van der Waals surface area (Å²) in [7, 11) is 4.46. The molecule has 0 atom stereocenters. The number of ether oxygens (including phenoxy) is 3. The van der Waals surface area contributed by atoms with Gasteiger partial charge in [0.25, 0.3) is 17.7 Å². The Balaban J connectivity index is 1.50. The van der Waals surface area contributed by atoms with Crippen LogP contribution in [-0.4, -0.2) is 39.1 Å². The summed E-state index contributed by atoms with van der Waals surface area (Å²) in [6.07, 6.45) is 0. The number of hydrogen-bond acceptors (Lipinski definition) is 7. The fourth-order valence-corrected chi connectivity index (χ4v) is 3.77. The van der Waals surface area contributed by atoms with Crippen LogP contribution >= 0.6 is 11.6 Å². The van der Waals surface area contributed by atoms with E-state index in [0.717, 1.165) is 4.90 Å². The molecule has 2 N–H and O–H groups in total. The third-order valence-electron chi connectivity index (χ3n) is 5.40. The van der Waals surface area contributed by atoms with Gasteiger partial charge in [-0.15, -0.1) is 0 Å². The standard InChI is InChI=1S/C26H22ClN3O6/c1-34-18-6-4-5-17(13-18)29-24(31)15-7-9-16(10-8-15)28-23-22(27)25(32)30(26(23)33)20-12-11-19(35-2)14-21(20)36-3/h4-14,28H,1-3H3,(H,29,31). The van der Waals surface area contributed by atoms with Crippen molar-refractivity contribution in [1.82, 2.24) is 0 Å². The lowest BCUT2D eigenvalue weighted by molar-refractivity contribution is -0.120. The second-order valence-electron chi connectivity index (χ2n) is 7.56. The molecule has 0 saturated heterocycles. The largest absolute Gasteiger partial charge is 0.497 e. The third-order valence-corrected chi connectivity index (χ3v) is 5.75. The smallest absolute Gasteiger partial charge is 0.283 e. The summed E-state index contributed by atoms with van der Waals surface area (Å²) in [5.74, 6) is -0.266. The third kappa shape index (κ3) is 4.82. The summed E-state index contributed by atoms with van der Waals surface area (Å²) >= 11 is 6.23. The van der Waals surface area contributed by atoms with Gasteiger partial charge >= 0.3 is 0 Å². The van der Waals surface area contributed by atoms with E-state index in [1.807, 2.05) is 0 Å². The molecule has 0 unspecified atom stereocenters. The van der Waals surface area contributed by atoms with Crippen molar-refractivity contribution in [3.05, 3.63) is 83.0 Å². The van der Waals surface area contributed by atoms with Crippen molar-refractivity contribution in [2.75, 3.05) is 36.9 Å². The van der Waals surface area contributed by atoms with Crippen LogP contribution in [0.2, 0.25) is 0 Å². The molecule has 3 aromatic carbocycles. The molecule has 0 bridgehead atoms. The summed E-state index contributed by atoms with van der Waals surface area (Å²) in [5, 5.41) is 5.41. The van der Waals surface area contributed by atoms with Crippen molar-refractivity contribution in [3.63, 3.8) is 0 Å². The van der Waals surface area contributed by atoms with E-state index in [2.05, 4.69) is 10.6 Å². The number of benzene rings is 3. The fourth-order valence-electron chi connectivity index (χ4n) is 3.55. The first-order chi connectivity index (χ1) is 17.4. The number of rotatable bonds is 8. The minimum absolute atomic E-state index is 0.0897. The van der Waals surface area contributed by atoms with E-state index in [-0.39, 0.29) is 28.1 Å². The Morgan fingerprint density at radius 1 is 0.806 bits per heavy atom. The minimum atomic E-state index is -0.693. The molecule has 1 aliphatic heterocycles. The quantitative estimate of drug-likeness (QED) is 0.435. The van der Waals surface area contributed by atoms with Gasteiger partial charge in [0.15, 0.2) is 0 Å². The van der Waals surface area contributed by atoms with Crippen LogP contribution in [0, 0.1) is 0 Å². The average Bonchev–Trinajstić information content (AvgIpc) is 3.11. The van der Waals surface area contributed by atoms with Gasteiger partial charge in [-0.25, -0.2) is 4.90 Å². The SMILES string of the molecule is COc1cccc(NC(=O)c2ccc(NC3=C(Cl)C(=O)N(c4ccc(OC)cc4OC)C3=O)cc2)c1. The molecule has 1 aliphatic rings. The number of hydrogen-bond donors (Lipinski definition) is 2. The van der Waals surface area contributed by atoms with Crippen LogP contribution in [0.4, 0.5) is 17.1 Å². The van der Waals surface area contributed by atoms with Gasteiger partial charge in [0, 0.05) is 29.1 Å². The van der Waals surface area contributed by atoms with E-state index in [1.165, 1.54) is 20.3 Å². The minimum Gasteiger partial charge on any atom is -0.497 e. The lowest BCUT2D eigenvalue weighted by Crippen LogP contribution is -2.32. The van der Waals surface area contributed by atoms with Gasteiger partial charge < -0.3 is 24.8 Å². The Morgan fingerprint density at radius 3 is 2.17 bits per heavy atom. The highest BCUT2D eigenvalue weighted by atomic mass is 35.5. The Kier molecular flexibility index (Phi) is 7.12. The van der Waals surface area contributed by atoms with Gasteiger partial charge in [0.1, 0.15) is 28.0 Å². The molecule has 184 valence electrons. The lowest BCUT2D eigenvalue weighted by Gasteiger charge is -2.18. The van der Waals surface area contributed by atoms with E-state index < -0.39 is 11.8 Å². The molecule has 9 nitrogen and oxygen atoms in total. The van der Waals surface area contributed by atoms with Crippen LogP contribution in [0.1, 0.15) is 10.4 Å². The highest BCUT2D eigenvalue weighted by Crippen LogP contribution is 2.37. The first kappa shape index (κ1) is 24.6. The first-order valence-electron chi connectivity index (χ1n) is 10.7. The maximum absolute atomic E-state index is 13.1. The number of methoxy groups -OCH3 is 3. The zero-order chi connectivity index (χ0) is 25.8. The van der Waals surface area contributed by atoms with Crippen molar-refractivity contribution in [3.8, 4) is 17.2 Å². The topological polar surface area (TPSA) is 106 Å². The monoisotopic (exact) mass is 507 g/mol. The predicted octanol–water partition coefficient (Wildman–Crippen LogP) is 4.40. The molecule has 0 radical (unpaired) electrons. The summed E-state index contributed by atoms with van der Waals surface area (Å²) < 4.78 is 15.7. The number of carbonyl (C=O) groups excluding carboxylic acids is 3. The Hall–Kier alpha value is -4.50. The Bertz CT molecular complexity index is 1370. The van der Waals surface area contributed by atoms with E-state index >= 15 is 0 Å². The predicted molar refractivity (Wildman–Crippen MR) is 136 cm³/mol. The summed E-state index contributed by atoms with van der Waals surface area (Å²) in [6.45, 7) is 0. The molecular formula is C26H22ClN3O6. The van der Waals surface area contributed by atoms with Gasteiger partial charge in [0.2, 0.25) is 0 Å². The number of anilines is 3. The number of halogens is 1. The molecule has 0 aromatic heterocycles. The summed E-state index contributed by atoms with van der Waals surface area (Å²) in [5.41, 5.74) is 1.58. The van der Waals surface area contributed by atoms with Crippen LogP contribution in [0.15, 0.2) is 77.5 Å². The molecule has 3 aromatic rings. The maximum atomic E-state index is 13.1. The maximum Gasteiger partial charge on any atom is 0.283 e. The number of imide groups is 1. The molecular weight excluding hydrogens is 486 g/mol. The molecule has 0 fully saturated rings. The highest BCUT2D eigenvalue weighted by molar-refractivity contribution is 6.53. The van der Waals surface area contributed by atoms with Crippen LogP contribution < -0.4 is 29.7 Å². The van der Waals surface area contributed by atoms with E-state index in [9.17, 15) is 14.4 Å². The van der Waals surface area contributed by atoms with Crippen molar-refractivity contribution in [2.24, 2.45) is 0 Å². The fraction of sp³-hybridized carbons (Fsp3) is 0.115. The van der Waals surface area contributed by atoms with Gasteiger partial charge in [-0.3, -0.25) is 14.4 Å². The van der Waals surface area contributed by atoms with E-state index in [0.29, 0.717) is 28.4 Å². The molecule has 0 saturated carbocycles. The van der Waals surface area contributed by atoms with Crippen molar-refractivity contribution >= 4 is 46.4 Å². The molecule has 1 heterocycles. The molecule has 36 heavy (non-hydrogen) atoms. The van der Waals surface area contributed by atoms with Crippen molar-refractivity contribution in [2.45, 2.75) is 0 Å². The van der Waals surface area contributed by atoms with Crippen molar-refractivity contribution < 1.29 is 28.6 Å². The first-order valence-corrected chi connectivity index (χ1v) is 11.1. The van der Waals surface area contributed by atoms with Gasteiger partial charge in [-0.2, -0.15) is 0 Å². The van der Waals surface area contributed by atoms with E-state index in [4.69, 9.17) is 25.8 Å². The second-order valence-corrected chi connectivity index (χ2v) is 7.94. The highest BCUT2D eigenvalue weighted by Gasteiger charge is 2.40. The zero-order valence-electron chi connectivity index (χ0n) is 19.6. The molecule has 4 rings (SSSR count). The van der Waals surface area contributed by atoms with Crippen LogP contribution in [0.25, 0.3) is 0 Å². The molecule has 3 amide bonds. The number of carbonyl (C=O) groups is 3. The van der Waals surface area contributed by atoms with Gasteiger partial charge in [-0.05, 0) is 48.5 Å². The molecule has 0 aliphatic carbocycles. The lowest BCUT2D eigenvalue weighted by atomic mass is 10.2. The zero-order valence-corrected chi connectivity index (χ0v) is 20.4. The molecule has 10 heteroatoms. The van der Waals surface area contributed by atoms with Crippen LogP contribution in [-0.2, 0) is 9.59 Å². The number of amides is 3. The summed E-state index contributed by atoms with van der Waals surface area (Å²) in [4.78, 5) is 39.5. The normalized spacial score (nSPS) is 13.1. The Morgan fingerprint density at radius 2 is 1.50 bits per heavy atom. The molecule has 0 spiro atoms. The van der Waals surface area contributed by atoms with Gasteiger partial charge in [-0.1, -0.05) is 17.7 Å². The van der Waals surface area contributed by atoms with Gasteiger partial charge in [0.05, 0.1) is 27.0 Å². The van der Waals surface area contributed by atoms with Crippen LogP contribution in [0.3, 0.4) is 0 Å². The van der Waals surface area contributed by atoms with Crippen LogP contribution in [0.5, 0.6) is 17.2 Å². The Labute approximate surface area is 212 Å². The second kappa shape index (κ2) is 10.4.